The van der Waals surface area contributed by atoms with Crippen molar-refractivity contribution in [3.05, 3.63) is 54.7 Å². The number of nitriles is 1. The molecule has 0 saturated carbocycles. The average Bonchev–Trinajstić information content (AvgIpc) is 3.64. The van der Waals surface area contributed by atoms with Crippen molar-refractivity contribution < 1.29 is 3.84 Å². The van der Waals surface area contributed by atoms with Crippen LogP contribution in [-0.4, -0.2) is 50.6 Å². The molecule has 1 atom stereocenters. The molecule has 1 spiro atoms. The number of pyridine rings is 2. The Labute approximate surface area is 219 Å². The number of fused-ring (bicyclic) bond motifs is 1. The van der Waals surface area contributed by atoms with Crippen LogP contribution in [-0.2, 0) is 10.9 Å². The molecule has 4 aromatic heterocycles. The summed E-state index contributed by atoms with van der Waals surface area (Å²) in [5, 5.41) is 21.9. The summed E-state index contributed by atoms with van der Waals surface area (Å²) in [6, 6.07) is 8.62. The number of hydrogen-bond acceptors (Lipinski definition) is 7. The fourth-order valence-corrected chi connectivity index (χ4v) is 5.43. The number of nitrogens with one attached hydrogen (secondary N) is 1. The normalized spacial score (nSPS) is 19.3. The topological polar surface area (TPSA) is 96.3 Å². The molecule has 11 heteroatoms. The summed E-state index contributed by atoms with van der Waals surface area (Å²) >= 11 is 8.53. The Hall–Kier alpha value is -3.16. The molecule has 1 unspecified atom stereocenters. The Morgan fingerprint density at radius 2 is 1.94 bits per heavy atom. The van der Waals surface area contributed by atoms with Crippen LogP contribution in [0.4, 0.5) is 5.82 Å². The predicted molar refractivity (Wildman–Crippen MR) is 139 cm³/mol. The van der Waals surface area contributed by atoms with Gasteiger partial charge in [0.05, 0.1) is 47.2 Å². The number of piperidine rings is 1. The number of halogens is 2. The zero-order valence-electron chi connectivity index (χ0n) is 19.9. The third-order valence-corrected chi connectivity index (χ3v) is 7.15. The van der Waals surface area contributed by atoms with Crippen LogP contribution in [0.2, 0.25) is 0 Å². The summed E-state index contributed by atoms with van der Waals surface area (Å²) in [5.74, 6) is 1.03. The van der Waals surface area contributed by atoms with Gasteiger partial charge in [0.2, 0.25) is 0 Å². The van der Waals surface area contributed by atoms with Crippen molar-refractivity contribution in [1.29, 1.82) is 5.26 Å². The first-order valence-electron chi connectivity index (χ1n) is 11.8. The van der Waals surface area contributed by atoms with E-state index in [-0.39, 0.29) is 0 Å². The SMILES string of the molecule is ClOCl.Cn1cc(-c2cc(-c3ccc(N4CCCC5(CCNC5)C4)nc3)c3c(C#N)cnn3c2)cn1. The van der Waals surface area contributed by atoms with Crippen molar-refractivity contribution in [1.82, 2.24) is 29.7 Å². The van der Waals surface area contributed by atoms with Gasteiger partial charge in [0.1, 0.15) is 11.9 Å². The lowest BCUT2D eigenvalue weighted by molar-refractivity contribution is 0.260. The number of anilines is 1. The first-order chi connectivity index (χ1) is 17.6. The Bertz CT molecular complexity index is 1390. The smallest absolute Gasteiger partial charge is 0.128 e. The molecule has 2 fully saturated rings. The van der Waals surface area contributed by atoms with Crippen LogP contribution in [0.3, 0.4) is 0 Å². The van der Waals surface area contributed by atoms with Crippen molar-refractivity contribution in [3.63, 3.8) is 0 Å². The van der Waals surface area contributed by atoms with E-state index in [1.807, 2.05) is 31.8 Å². The van der Waals surface area contributed by atoms with Gasteiger partial charge < -0.3 is 10.2 Å². The lowest BCUT2D eigenvalue weighted by Gasteiger charge is -2.40. The van der Waals surface area contributed by atoms with Gasteiger partial charge in [-0.25, -0.2) is 9.50 Å². The summed E-state index contributed by atoms with van der Waals surface area (Å²) < 4.78 is 6.76. The zero-order valence-corrected chi connectivity index (χ0v) is 21.4. The van der Waals surface area contributed by atoms with E-state index >= 15 is 0 Å². The number of hydrogen-bond donors (Lipinski definition) is 1. The minimum absolute atomic E-state index is 0.391. The molecule has 1 N–H and O–H groups in total. The van der Waals surface area contributed by atoms with Crippen LogP contribution in [0.5, 0.6) is 0 Å². The van der Waals surface area contributed by atoms with Crippen molar-refractivity contribution in [3.8, 4) is 28.3 Å². The van der Waals surface area contributed by atoms with E-state index in [2.05, 4.69) is 72.3 Å². The van der Waals surface area contributed by atoms with Crippen molar-refractivity contribution in [2.24, 2.45) is 12.5 Å². The van der Waals surface area contributed by atoms with Crippen LogP contribution >= 0.6 is 23.7 Å². The molecule has 0 aromatic carbocycles. The molecule has 0 amide bonds. The molecule has 0 bridgehead atoms. The van der Waals surface area contributed by atoms with Gasteiger partial charge >= 0.3 is 0 Å². The molecule has 2 aliphatic rings. The number of aromatic nitrogens is 5. The lowest BCUT2D eigenvalue weighted by atomic mass is 9.79. The molecule has 2 saturated heterocycles. The summed E-state index contributed by atoms with van der Waals surface area (Å²) in [7, 11) is 1.90. The van der Waals surface area contributed by atoms with E-state index in [1.165, 1.54) is 19.3 Å². The molecular formula is C25H26Cl2N8O. The van der Waals surface area contributed by atoms with E-state index < -0.39 is 0 Å². The van der Waals surface area contributed by atoms with E-state index in [1.54, 1.807) is 15.4 Å². The third kappa shape index (κ3) is 4.77. The van der Waals surface area contributed by atoms with E-state index in [9.17, 15) is 5.26 Å². The summed E-state index contributed by atoms with van der Waals surface area (Å²) in [6.07, 6.45) is 13.1. The third-order valence-electron chi connectivity index (χ3n) is 7.15. The molecule has 6 rings (SSSR count). The summed E-state index contributed by atoms with van der Waals surface area (Å²) in [4.78, 5) is 7.29. The molecule has 6 heterocycles. The first-order valence-corrected chi connectivity index (χ1v) is 12.4. The average molecular weight is 525 g/mol. The van der Waals surface area contributed by atoms with E-state index in [4.69, 9.17) is 4.98 Å². The highest BCUT2D eigenvalue weighted by molar-refractivity contribution is 6.24. The molecule has 2 aliphatic heterocycles. The highest BCUT2D eigenvalue weighted by atomic mass is 35.6. The monoisotopic (exact) mass is 524 g/mol. The van der Waals surface area contributed by atoms with Crippen LogP contribution in [0.1, 0.15) is 24.8 Å². The largest absolute Gasteiger partial charge is 0.356 e. The molecule has 36 heavy (non-hydrogen) atoms. The second-order valence-corrected chi connectivity index (χ2v) is 9.89. The molecule has 4 aromatic rings. The van der Waals surface area contributed by atoms with Gasteiger partial charge in [0.25, 0.3) is 0 Å². The number of rotatable bonds is 3. The van der Waals surface area contributed by atoms with Crippen molar-refractivity contribution in [2.75, 3.05) is 31.1 Å². The van der Waals surface area contributed by atoms with Crippen LogP contribution in [0, 0.1) is 16.7 Å². The Morgan fingerprint density at radius 1 is 1.08 bits per heavy atom. The maximum atomic E-state index is 9.66. The first kappa shape index (κ1) is 24.5. The fourth-order valence-electron chi connectivity index (χ4n) is 5.43. The Balaban J connectivity index is 0.000000848. The maximum Gasteiger partial charge on any atom is 0.128 e. The van der Waals surface area contributed by atoms with Gasteiger partial charge in [-0.15, -0.1) is 0 Å². The fraction of sp³-hybridized carbons (Fsp3) is 0.360. The molecule has 9 nitrogen and oxygen atoms in total. The minimum atomic E-state index is 0.391. The highest BCUT2D eigenvalue weighted by Gasteiger charge is 2.38. The molecule has 186 valence electrons. The van der Waals surface area contributed by atoms with Gasteiger partial charge in [-0.05, 0) is 44.0 Å². The summed E-state index contributed by atoms with van der Waals surface area (Å²) in [5.41, 5.74) is 5.66. The van der Waals surface area contributed by atoms with Gasteiger partial charge in [-0.3, -0.25) is 4.68 Å². The van der Waals surface area contributed by atoms with E-state index in [0.29, 0.717) is 11.0 Å². The second-order valence-electron chi connectivity index (χ2n) is 9.42. The van der Waals surface area contributed by atoms with Crippen LogP contribution in [0.25, 0.3) is 27.8 Å². The highest BCUT2D eigenvalue weighted by Crippen LogP contribution is 2.37. The quantitative estimate of drug-likeness (QED) is 0.419. The lowest BCUT2D eigenvalue weighted by Crippen LogP contribution is -2.44. The molecule has 0 aliphatic carbocycles. The van der Waals surface area contributed by atoms with Crippen LogP contribution < -0.4 is 10.2 Å². The Morgan fingerprint density at radius 3 is 2.61 bits per heavy atom. The van der Waals surface area contributed by atoms with Gasteiger partial charge in [-0.2, -0.15) is 19.3 Å². The van der Waals surface area contributed by atoms with Gasteiger partial charge in [0, 0.05) is 72.9 Å². The van der Waals surface area contributed by atoms with Crippen LogP contribution in [0.15, 0.2) is 49.2 Å². The standard InChI is InChI=1S/C25H26N8.Cl2O/c1-31-14-21(13-29-31)19-9-22(24-20(10-26)12-30-33(24)15-19)18-3-4-23(28-11-18)32-8-2-5-25(17-32)6-7-27-16-25;1-3-2/h3-4,9,11-15,27H,2,5-8,16-17H2,1H3;. The second kappa shape index (κ2) is 10.4. The van der Waals surface area contributed by atoms with Gasteiger partial charge in [0.15, 0.2) is 0 Å². The van der Waals surface area contributed by atoms with E-state index in [0.717, 1.165) is 59.8 Å². The predicted octanol–water partition coefficient (Wildman–Crippen LogP) is 4.56. The van der Waals surface area contributed by atoms with Gasteiger partial charge in [-0.1, -0.05) is 0 Å². The number of nitrogens with zero attached hydrogens (tertiary/aromatic N) is 7. The summed E-state index contributed by atoms with van der Waals surface area (Å²) in [6.45, 7) is 4.35. The Kier molecular flexibility index (Phi) is 7.12. The zero-order chi connectivity index (χ0) is 25.1. The number of aryl methyl sites for hydroxylation is 1. The van der Waals surface area contributed by atoms with Crippen molar-refractivity contribution >= 4 is 35.1 Å². The minimum Gasteiger partial charge on any atom is -0.356 e. The maximum absolute atomic E-state index is 9.66. The molecular weight excluding hydrogens is 499 g/mol. The molecule has 0 radical (unpaired) electrons. The van der Waals surface area contributed by atoms with Crippen molar-refractivity contribution in [2.45, 2.75) is 19.3 Å².